The van der Waals surface area contributed by atoms with Crippen molar-refractivity contribution in [1.29, 1.82) is 0 Å². The Morgan fingerprint density at radius 2 is 2.25 bits per heavy atom. The van der Waals surface area contributed by atoms with Crippen LogP contribution < -0.4 is 5.32 Å². The summed E-state index contributed by atoms with van der Waals surface area (Å²) in [7, 11) is 1.87. The first-order valence-electron chi connectivity index (χ1n) is 7.09. The van der Waals surface area contributed by atoms with E-state index in [4.69, 9.17) is 0 Å². The van der Waals surface area contributed by atoms with Gasteiger partial charge in [0.15, 0.2) is 0 Å². The molecule has 2 heterocycles. The van der Waals surface area contributed by atoms with Crippen LogP contribution in [0.2, 0.25) is 0 Å². The minimum Gasteiger partial charge on any atom is -0.393 e. The van der Waals surface area contributed by atoms with Crippen molar-refractivity contribution in [2.24, 2.45) is 13.0 Å². The molecule has 1 aromatic heterocycles. The van der Waals surface area contributed by atoms with E-state index >= 15 is 0 Å². The van der Waals surface area contributed by atoms with E-state index in [0.29, 0.717) is 6.54 Å². The molecule has 0 spiro atoms. The summed E-state index contributed by atoms with van der Waals surface area (Å²) in [5.74, 6) is 0.264. The number of carbonyl (C=O) groups excluding carboxylic acids is 1. The van der Waals surface area contributed by atoms with Crippen molar-refractivity contribution in [3.63, 3.8) is 0 Å². The molecule has 0 aliphatic carbocycles. The third kappa shape index (κ3) is 3.19. The van der Waals surface area contributed by atoms with E-state index in [2.05, 4.69) is 15.3 Å². The molecule has 1 aromatic rings. The van der Waals surface area contributed by atoms with Crippen LogP contribution in [0.5, 0.6) is 0 Å². The molecular weight excluding hydrogens is 256 g/mol. The normalized spacial score (nSPS) is 21.1. The average molecular weight is 280 g/mol. The minimum absolute atomic E-state index is 0.0181. The number of nitrogens with zero attached hydrogens (tertiary/aromatic N) is 3. The van der Waals surface area contributed by atoms with E-state index in [1.54, 1.807) is 4.68 Å². The number of carbonyl (C=O) groups is 1. The summed E-state index contributed by atoms with van der Waals surface area (Å²) in [4.78, 5) is 14.2. The lowest BCUT2D eigenvalue weighted by atomic mass is 10.0. The zero-order valence-electron chi connectivity index (χ0n) is 12.7. The summed E-state index contributed by atoms with van der Waals surface area (Å²) in [5.41, 5.74) is 2.60. The molecule has 0 saturated carbocycles. The van der Waals surface area contributed by atoms with Gasteiger partial charge >= 0.3 is 0 Å². The maximum absolute atomic E-state index is 12.1. The highest BCUT2D eigenvalue weighted by Crippen LogP contribution is 2.21. The number of likely N-dealkylation sites (tertiary alicyclic amines) is 1. The number of aliphatic hydroxyl groups excluding tert-OH is 1. The molecule has 2 unspecified atom stereocenters. The Kier molecular flexibility index (Phi) is 4.45. The highest BCUT2D eigenvalue weighted by molar-refractivity contribution is 5.93. The van der Waals surface area contributed by atoms with Crippen LogP contribution in [0.15, 0.2) is 0 Å². The number of amides is 1. The van der Waals surface area contributed by atoms with Gasteiger partial charge in [-0.15, -0.1) is 0 Å². The lowest BCUT2D eigenvalue weighted by Crippen LogP contribution is -2.32. The van der Waals surface area contributed by atoms with Crippen molar-refractivity contribution >= 4 is 11.6 Å². The Bertz CT molecular complexity index is 496. The third-order valence-electron chi connectivity index (χ3n) is 4.13. The van der Waals surface area contributed by atoms with Gasteiger partial charge in [0.05, 0.1) is 29.7 Å². The number of rotatable bonds is 4. The van der Waals surface area contributed by atoms with Crippen molar-refractivity contribution in [3.05, 3.63) is 11.4 Å². The van der Waals surface area contributed by atoms with Gasteiger partial charge in [-0.05, 0) is 39.7 Å². The quantitative estimate of drug-likeness (QED) is 0.851. The summed E-state index contributed by atoms with van der Waals surface area (Å²) in [6.45, 7) is 7.68. The van der Waals surface area contributed by atoms with Crippen molar-refractivity contribution in [2.45, 2.75) is 33.3 Å². The number of hydrogen-bond acceptors (Lipinski definition) is 4. The molecule has 2 N–H and O–H groups in total. The Labute approximate surface area is 119 Å². The fourth-order valence-electron chi connectivity index (χ4n) is 2.74. The first-order chi connectivity index (χ1) is 9.38. The lowest BCUT2D eigenvalue weighted by Gasteiger charge is -2.17. The number of aliphatic hydroxyl groups is 1. The van der Waals surface area contributed by atoms with E-state index in [1.165, 1.54) is 0 Å². The minimum atomic E-state index is -0.300. The maximum atomic E-state index is 12.1. The van der Waals surface area contributed by atoms with Gasteiger partial charge in [-0.2, -0.15) is 5.10 Å². The average Bonchev–Trinajstić information content (AvgIpc) is 2.91. The second-order valence-electron chi connectivity index (χ2n) is 5.74. The highest BCUT2D eigenvalue weighted by Gasteiger charge is 2.27. The highest BCUT2D eigenvalue weighted by atomic mass is 16.3. The van der Waals surface area contributed by atoms with Crippen LogP contribution in [0.25, 0.3) is 0 Å². The summed E-state index contributed by atoms with van der Waals surface area (Å²) in [5, 5.41) is 16.8. The molecule has 0 radical (unpaired) electrons. The van der Waals surface area contributed by atoms with E-state index < -0.39 is 0 Å². The molecule has 112 valence electrons. The molecule has 2 atom stereocenters. The Morgan fingerprint density at radius 3 is 2.75 bits per heavy atom. The third-order valence-corrected chi connectivity index (χ3v) is 4.13. The van der Waals surface area contributed by atoms with Crippen molar-refractivity contribution in [1.82, 2.24) is 14.7 Å². The molecule has 0 bridgehead atoms. The predicted octanol–water partition coefficient (Wildman–Crippen LogP) is 0.678. The van der Waals surface area contributed by atoms with Crippen molar-refractivity contribution in [3.8, 4) is 0 Å². The van der Waals surface area contributed by atoms with Gasteiger partial charge in [-0.1, -0.05) is 0 Å². The number of nitrogens with one attached hydrogen (secondary N) is 1. The van der Waals surface area contributed by atoms with E-state index in [1.807, 2.05) is 27.8 Å². The van der Waals surface area contributed by atoms with E-state index in [0.717, 1.165) is 36.6 Å². The second-order valence-corrected chi connectivity index (χ2v) is 5.74. The van der Waals surface area contributed by atoms with Gasteiger partial charge in [0.25, 0.3) is 0 Å². The molecule has 6 nitrogen and oxygen atoms in total. The van der Waals surface area contributed by atoms with Crippen LogP contribution in [0.3, 0.4) is 0 Å². The molecule has 20 heavy (non-hydrogen) atoms. The Hall–Kier alpha value is -1.40. The van der Waals surface area contributed by atoms with Crippen LogP contribution >= 0.6 is 0 Å². The van der Waals surface area contributed by atoms with Gasteiger partial charge in [0.2, 0.25) is 5.91 Å². The molecule has 1 saturated heterocycles. The molecule has 1 aliphatic rings. The molecule has 0 aromatic carbocycles. The fourth-order valence-corrected chi connectivity index (χ4v) is 2.74. The number of hydrogen-bond donors (Lipinski definition) is 2. The van der Waals surface area contributed by atoms with Crippen LogP contribution in [-0.2, 0) is 11.8 Å². The number of anilines is 1. The molecule has 1 aliphatic heterocycles. The largest absolute Gasteiger partial charge is 0.393 e. The molecular formula is C14H24N4O2. The van der Waals surface area contributed by atoms with Crippen LogP contribution in [-0.4, -0.2) is 51.4 Å². The number of aryl methyl sites for hydroxylation is 2. The first kappa shape index (κ1) is 15.0. The summed E-state index contributed by atoms with van der Waals surface area (Å²) >= 11 is 0. The zero-order valence-corrected chi connectivity index (χ0v) is 12.7. The SMILES string of the molecule is Cc1nn(C)c(C)c1NC(=O)CN1CCC(C(C)O)C1. The fraction of sp³-hybridized carbons (Fsp3) is 0.714. The van der Waals surface area contributed by atoms with Crippen LogP contribution in [0.4, 0.5) is 5.69 Å². The summed E-state index contributed by atoms with van der Waals surface area (Å²) in [6, 6.07) is 0. The molecule has 1 fully saturated rings. The van der Waals surface area contributed by atoms with Gasteiger partial charge in [-0.25, -0.2) is 0 Å². The van der Waals surface area contributed by atoms with Gasteiger partial charge in [0, 0.05) is 13.6 Å². The predicted molar refractivity (Wildman–Crippen MR) is 77.5 cm³/mol. The van der Waals surface area contributed by atoms with Gasteiger partial charge in [-0.3, -0.25) is 14.4 Å². The first-order valence-corrected chi connectivity index (χ1v) is 7.09. The Morgan fingerprint density at radius 1 is 1.55 bits per heavy atom. The zero-order chi connectivity index (χ0) is 14.9. The summed E-state index contributed by atoms with van der Waals surface area (Å²) in [6.07, 6.45) is 0.654. The van der Waals surface area contributed by atoms with Crippen LogP contribution in [0, 0.1) is 19.8 Å². The maximum Gasteiger partial charge on any atom is 0.238 e. The Balaban J connectivity index is 1.90. The van der Waals surface area contributed by atoms with Crippen LogP contribution in [0.1, 0.15) is 24.7 Å². The molecule has 1 amide bonds. The monoisotopic (exact) mass is 280 g/mol. The smallest absolute Gasteiger partial charge is 0.238 e. The molecule has 6 heteroatoms. The van der Waals surface area contributed by atoms with Gasteiger partial charge in [0.1, 0.15) is 0 Å². The molecule has 2 rings (SSSR count). The van der Waals surface area contributed by atoms with Gasteiger partial charge < -0.3 is 10.4 Å². The van der Waals surface area contributed by atoms with Crippen molar-refractivity contribution < 1.29 is 9.90 Å². The lowest BCUT2D eigenvalue weighted by molar-refractivity contribution is -0.117. The van der Waals surface area contributed by atoms with E-state index in [-0.39, 0.29) is 17.9 Å². The van der Waals surface area contributed by atoms with Crippen molar-refractivity contribution in [2.75, 3.05) is 25.0 Å². The standard InChI is InChI=1S/C14H24N4O2/c1-9-14(10(2)17(4)16-9)15-13(20)8-18-6-5-12(7-18)11(3)19/h11-12,19H,5-8H2,1-4H3,(H,15,20). The summed E-state index contributed by atoms with van der Waals surface area (Å²) < 4.78 is 1.77. The van der Waals surface area contributed by atoms with E-state index in [9.17, 15) is 9.90 Å². The second kappa shape index (κ2) is 5.93. The topological polar surface area (TPSA) is 70.4 Å². The number of aromatic nitrogens is 2.